The van der Waals surface area contributed by atoms with Crippen molar-refractivity contribution in [3.8, 4) is 0 Å². The molecule has 0 aliphatic carbocycles. The molecule has 2 rings (SSSR count). The summed E-state index contributed by atoms with van der Waals surface area (Å²) in [6.45, 7) is 4.94. The van der Waals surface area contributed by atoms with Crippen molar-refractivity contribution in [1.29, 1.82) is 0 Å². The smallest absolute Gasteiger partial charge is 0.151 e. The lowest BCUT2D eigenvalue weighted by Gasteiger charge is -2.04. The van der Waals surface area contributed by atoms with Gasteiger partial charge in [-0.25, -0.2) is 0 Å². The van der Waals surface area contributed by atoms with Crippen LogP contribution < -0.4 is 5.32 Å². The van der Waals surface area contributed by atoms with Crippen LogP contribution in [0.3, 0.4) is 0 Å². The van der Waals surface area contributed by atoms with Gasteiger partial charge in [-0.3, -0.25) is 9.78 Å². The fourth-order valence-electron chi connectivity index (χ4n) is 1.70. The number of aryl methyl sites for hydroxylation is 2. The van der Waals surface area contributed by atoms with Gasteiger partial charge in [0.15, 0.2) is 5.82 Å². The summed E-state index contributed by atoms with van der Waals surface area (Å²) in [6, 6.07) is 2.00. The van der Waals surface area contributed by atoms with E-state index in [0.717, 1.165) is 24.5 Å². The predicted molar refractivity (Wildman–Crippen MR) is 63.2 cm³/mol. The highest BCUT2D eigenvalue weighted by Gasteiger charge is 2.07. The van der Waals surface area contributed by atoms with Gasteiger partial charge in [-0.2, -0.15) is 10.2 Å². The topological polar surface area (TPSA) is 58.5 Å². The Labute approximate surface area is 94.9 Å². The van der Waals surface area contributed by atoms with Crippen molar-refractivity contribution in [2.24, 2.45) is 7.05 Å². The average molecular weight is 219 g/mol. The van der Waals surface area contributed by atoms with Crippen molar-refractivity contribution in [1.82, 2.24) is 20.0 Å². The van der Waals surface area contributed by atoms with E-state index in [1.54, 1.807) is 6.20 Å². The Kier molecular flexibility index (Phi) is 2.94. The number of aromatic amines is 1. The molecular weight excluding hydrogens is 202 g/mol. The molecule has 0 fully saturated rings. The van der Waals surface area contributed by atoms with E-state index >= 15 is 0 Å². The Morgan fingerprint density at radius 2 is 2.31 bits per heavy atom. The van der Waals surface area contributed by atoms with Gasteiger partial charge in [0.1, 0.15) is 0 Å². The maximum absolute atomic E-state index is 4.25. The summed E-state index contributed by atoms with van der Waals surface area (Å²) in [7, 11) is 1.94. The molecule has 0 aliphatic heterocycles. The number of hydrogen-bond acceptors (Lipinski definition) is 3. The molecule has 2 heterocycles. The standard InChI is InChI=1S/C11H17N5/c1-4-10-8(2)11(15-14-10)12-7-9-5-6-13-16(9)3/h5-6H,4,7H2,1-3H3,(H2,12,14,15). The number of anilines is 1. The molecule has 0 atom stereocenters. The van der Waals surface area contributed by atoms with Gasteiger partial charge in [-0.05, 0) is 19.4 Å². The summed E-state index contributed by atoms with van der Waals surface area (Å²) in [5, 5.41) is 14.7. The van der Waals surface area contributed by atoms with E-state index in [1.165, 1.54) is 11.3 Å². The number of aromatic nitrogens is 4. The van der Waals surface area contributed by atoms with E-state index in [4.69, 9.17) is 0 Å². The van der Waals surface area contributed by atoms with Gasteiger partial charge in [0.05, 0.1) is 12.2 Å². The Morgan fingerprint density at radius 1 is 1.50 bits per heavy atom. The Bertz CT molecular complexity index is 468. The van der Waals surface area contributed by atoms with Crippen LogP contribution in [0.15, 0.2) is 12.3 Å². The second kappa shape index (κ2) is 4.38. The zero-order valence-electron chi connectivity index (χ0n) is 9.91. The molecule has 0 amide bonds. The predicted octanol–water partition coefficient (Wildman–Crippen LogP) is 1.63. The summed E-state index contributed by atoms with van der Waals surface area (Å²) < 4.78 is 1.86. The normalized spacial score (nSPS) is 10.7. The SMILES string of the molecule is CCc1[nH]nc(NCc2ccnn2C)c1C. The van der Waals surface area contributed by atoms with Crippen LogP contribution in [0.1, 0.15) is 23.9 Å². The molecule has 2 N–H and O–H groups in total. The Morgan fingerprint density at radius 3 is 2.88 bits per heavy atom. The van der Waals surface area contributed by atoms with Crippen molar-refractivity contribution in [3.05, 3.63) is 29.2 Å². The zero-order valence-corrected chi connectivity index (χ0v) is 9.91. The van der Waals surface area contributed by atoms with Crippen LogP contribution in [0.25, 0.3) is 0 Å². The van der Waals surface area contributed by atoms with Crippen molar-refractivity contribution in [2.45, 2.75) is 26.8 Å². The maximum atomic E-state index is 4.25. The van der Waals surface area contributed by atoms with Crippen LogP contribution in [0.4, 0.5) is 5.82 Å². The van der Waals surface area contributed by atoms with E-state index in [0.29, 0.717) is 0 Å². The summed E-state index contributed by atoms with van der Waals surface area (Å²) >= 11 is 0. The van der Waals surface area contributed by atoms with E-state index in [9.17, 15) is 0 Å². The fourth-order valence-corrected chi connectivity index (χ4v) is 1.70. The molecule has 0 unspecified atom stereocenters. The van der Waals surface area contributed by atoms with Gasteiger partial charge in [-0.1, -0.05) is 6.92 Å². The van der Waals surface area contributed by atoms with Crippen LogP contribution in [-0.2, 0) is 20.0 Å². The number of nitrogens with one attached hydrogen (secondary N) is 2. The molecule has 0 saturated carbocycles. The monoisotopic (exact) mass is 219 g/mol. The first-order valence-electron chi connectivity index (χ1n) is 5.47. The molecule has 0 aliphatic rings. The largest absolute Gasteiger partial charge is 0.363 e. The summed E-state index contributed by atoms with van der Waals surface area (Å²) in [6.07, 6.45) is 2.78. The number of H-pyrrole nitrogens is 1. The first-order valence-corrected chi connectivity index (χ1v) is 5.47. The van der Waals surface area contributed by atoms with Gasteiger partial charge in [0.2, 0.25) is 0 Å². The van der Waals surface area contributed by atoms with E-state index in [1.807, 2.05) is 17.8 Å². The third-order valence-corrected chi connectivity index (χ3v) is 2.82. The first-order chi connectivity index (χ1) is 7.72. The van der Waals surface area contributed by atoms with Crippen molar-refractivity contribution in [2.75, 3.05) is 5.32 Å². The minimum atomic E-state index is 0.741. The molecule has 0 saturated heterocycles. The minimum Gasteiger partial charge on any atom is -0.363 e. The van der Waals surface area contributed by atoms with Crippen molar-refractivity contribution < 1.29 is 0 Å². The third-order valence-electron chi connectivity index (χ3n) is 2.82. The van der Waals surface area contributed by atoms with Crippen molar-refractivity contribution >= 4 is 5.82 Å². The van der Waals surface area contributed by atoms with Crippen LogP contribution >= 0.6 is 0 Å². The molecule has 5 heteroatoms. The minimum absolute atomic E-state index is 0.741. The molecule has 16 heavy (non-hydrogen) atoms. The van der Waals surface area contributed by atoms with Crippen molar-refractivity contribution in [3.63, 3.8) is 0 Å². The van der Waals surface area contributed by atoms with Gasteiger partial charge in [0.25, 0.3) is 0 Å². The highest BCUT2D eigenvalue weighted by Crippen LogP contribution is 2.16. The second-order valence-electron chi connectivity index (χ2n) is 3.83. The number of nitrogens with zero attached hydrogens (tertiary/aromatic N) is 3. The fraction of sp³-hybridized carbons (Fsp3) is 0.455. The van der Waals surface area contributed by atoms with Gasteiger partial charge in [0, 0.05) is 24.5 Å². The molecule has 5 nitrogen and oxygen atoms in total. The molecule has 86 valence electrons. The zero-order chi connectivity index (χ0) is 11.5. The van der Waals surface area contributed by atoms with Crippen LogP contribution in [0.2, 0.25) is 0 Å². The molecule has 2 aromatic rings. The van der Waals surface area contributed by atoms with Gasteiger partial charge in [-0.15, -0.1) is 0 Å². The molecule has 0 aromatic carbocycles. The second-order valence-corrected chi connectivity index (χ2v) is 3.83. The Hall–Kier alpha value is -1.78. The quantitative estimate of drug-likeness (QED) is 0.821. The highest BCUT2D eigenvalue weighted by molar-refractivity contribution is 5.45. The lowest BCUT2D eigenvalue weighted by Crippen LogP contribution is -2.06. The highest BCUT2D eigenvalue weighted by atomic mass is 15.3. The summed E-state index contributed by atoms with van der Waals surface area (Å²) in [4.78, 5) is 0. The number of rotatable bonds is 4. The van der Waals surface area contributed by atoms with E-state index in [2.05, 4.69) is 34.5 Å². The summed E-state index contributed by atoms with van der Waals surface area (Å²) in [5.41, 5.74) is 3.53. The number of hydrogen-bond donors (Lipinski definition) is 2. The maximum Gasteiger partial charge on any atom is 0.151 e. The molecule has 0 bridgehead atoms. The van der Waals surface area contributed by atoms with Crippen LogP contribution in [-0.4, -0.2) is 20.0 Å². The average Bonchev–Trinajstić information content (AvgIpc) is 2.83. The van der Waals surface area contributed by atoms with E-state index in [-0.39, 0.29) is 0 Å². The molecular formula is C11H17N5. The van der Waals surface area contributed by atoms with Crippen LogP contribution in [0.5, 0.6) is 0 Å². The lowest BCUT2D eigenvalue weighted by atomic mass is 10.2. The summed E-state index contributed by atoms with van der Waals surface area (Å²) in [5.74, 6) is 0.929. The van der Waals surface area contributed by atoms with Gasteiger partial charge >= 0.3 is 0 Å². The van der Waals surface area contributed by atoms with E-state index < -0.39 is 0 Å². The Balaban J connectivity index is 2.05. The first kappa shape index (κ1) is 10.7. The molecule has 0 radical (unpaired) electrons. The van der Waals surface area contributed by atoms with Crippen LogP contribution in [0, 0.1) is 6.92 Å². The lowest BCUT2D eigenvalue weighted by molar-refractivity contribution is 0.719. The van der Waals surface area contributed by atoms with Gasteiger partial charge < -0.3 is 5.32 Å². The third kappa shape index (κ3) is 1.93. The molecule has 0 spiro atoms. The molecule has 2 aromatic heterocycles.